The van der Waals surface area contributed by atoms with Crippen LogP contribution >= 0.6 is 23.5 Å². The summed E-state index contributed by atoms with van der Waals surface area (Å²) in [5.74, 6) is -1.54. The lowest BCUT2D eigenvalue weighted by molar-refractivity contribution is -0.151. The van der Waals surface area contributed by atoms with E-state index in [4.69, 9.17) is 4.84 Å². The Balaban J connectivity index is 1.96. The monoisotopic (exact) mass is 504 g/mol. The van der Waals surface area contributed by atoms with Crippen LogP contribution < -0.4 is 10.8 Å². The van der Waals surface area contributed by atoms with Crippen LogP contribution in [0.15, 0.2) is 70.5 Å². The molecule has 3 unspecified atom stereocenters. The van der Waals surface area contributed by atoms with Crippen LogP contribution in [0.1, 0.15) is 39.0 Å². The number of carboxylic acids is 1. The second-order valence-corrected chi connectivity index (χ2v) is 10.6. The second kappa shape index (κ2) is 16.6. The molecule has 3 N–H and O–H groups in total. The molecule has 2 aromatic carbocycles. The molecule has 2 aromatic rings. The SMILES string of the molecule is CNCCCCCCNOC(=O)CC(Sc1ccccc1)C(C)C(Sc1ccccc1)C(=O)O. The van der Waals surface area contributed by atoms with Crippen molar-refractivity contribution in [2.45, 2.75) is 59.3 Å². The van der Waals surface area contributed by atoms with Gasteiger partial charge in [0, 0.05) is 21.6 Å². The second-order valence-electron chi connectivity index (χ2n) is 8.11. The quantitative estimate of drug-likeness (QED) is 0.153. The third-order valence-electron chi connectivity index (χ3n) is 5.35. The molecule has 0 aliphatic carbocycles. The highest BCUT2D eigenvalue weighted by molar-refractivity contribution is 8.01. The maximum absolute atomic E-state index is 12.6. The molecular formula is C26H36N2O4S2. The first-order valence-corrected chi connectivity index (χ1v) is 13.5. The van der Waals surface area contributed by atoms with Crippen LogP contribution in [-0.4, -0.2) is 47.7 Å². The van der Waals surface area contributed by atoms with Crippen molar-refractivity contribution in [1.29, 1.82) is 0 Å². The lowest BCUT2D eigenvalue weighted by Gasteiger charge is -2.27. The first-order valence-electron chi connectivity index (χ1n) is 11.7. The van der Waals surface area contributed by atoms with E-state index in [0.717, 1.165) is 42.0 Å². The molecule has 0 fully saturated rings. The van der Waals surface area contributed by atoms with Crippen molar-refractivity contribution in [2.24, 2.45) is 5.92 Å². The average molecular weight is 505 g/mol. The van der Waals surface area contributed by atoms with Gasteiger partial charge in [-0.15, -0.1) is 23.5 Å². The van der Waals surface area contributed by atoms with E-state index in [9.17, 15) is 14.7 Å². The fraction of sp³-hybridized carbons (Fsp3) is 0.462. The Hall–Kier alpha value is -2.00. The van der Waals surface area contributed by atoms with Gasteiger partial charge in [-0.2, -0.15) is 5.48 Å². The van der Waals surface area contributed by atoms with E-state index in [2.05, 4.69) is 10.8 Å². The van der Waals surface area contributed by atoms with E-state index in [1.807, 2.05) is 74.6 Å². The molecule has 0 aliphatic rings. The number of thioether (sulfide) groups is 2. The molecule has 2 rings (SSSR count). The van der Waals surface area contributed by atoms with Crippen molar-refractivity contribution in [3.63, 3.8) is 0 Å². The molecule has 0 bridgehead atoms. The molecule has 0 amide bonds. The molecule has 8 heteroatoms. The van der Waals surface area contributed by atoms with Crippen molar-refractivity contribution in [1.82, 2.24) is 10.8 Å². The zero-order valence-electron chi connectivity index (χ0n) is 19.9. The molecular weight excluding hydrogens is 468 g/mol. The Bertz CT molecular complexity index is 839. The molecule has 0 saturated heterocycles. The van der Waals surface area contributed by atoms with Gasteiger partial charge in [0.15, 0.2) is 0 Å². The Morgan fingerprint density at radius 2 is 1.44 bits per heavy atom. The summed E-state index contributed by atoms with van der Waals surface area (Å²) in [5, 5.41) is 12.2. The smallest absolute Gasteiger partial charge is 0.325 e. The van der Waals surface area contributed by atoms with Crippen molar-refractivity contribution in [3.05, 3.63) is 60.7 Å². The maximum atomic E-state index is 12.6. The summed E-state index contributed by atoms with van der Waals surface area (Å²) in [6, 6.07) is 19.3. The highest BCUT2D eigenvalue weighted by Crippen LogP contribution is 2.38. The fourth-order valence-electron chi connectivity index (χ4n) is 3.42. The number of aliphatic carboxylic acids is 1. The number of hydrogen-bond acceptors (Lipinski definition) is 7. The van der Waals surface area contributed by atoms with E-state index in [1.54, 1.807) is 0 Å². The fourth-order valence-corrected chi connectivity index (χ4v) is 5.89. The predicted molar refractivity (Wildman–Crippen MR) is 140 cm³/mol. The summed E-state index contributed by atoms with van der Waals surface area (Å²) in [4.78, 5) is 31.9. The van der Waals surface area contributed by atoms with Crippen LogP contribution in [0.3, 0.4) is 0 Å². The largest absolute Gasteiger partial charge is 0.480 e. The van der Waals surface area contributed by atoms with Gasteiger partial charge >= 0.3 is 11.9 Å². The molecule has 3 atom stereocenters. The number of carboxylic acid groups (broad SMARTS) is 1. The van der Waals surface area contributed by atoms with E-state index in [1.165, 1.54) is 23.5 Å². The normalized spacial score (nSPS) is 13.7. The van der Waals surface area contributed by atoms with Crippen molar-refractivity contribution >= 4 is 35.5 Å². The van der Waals surface area contributed by atoms with Crippen molar-refractivity contribution in [3.8, 4) is 0 Å². The number of rotatable bonds is 17. The standard InChI is InChI=1S/C26H36N2O4S2/c1-20(25(26(30)31)34-22-15-9-6-10-16-22)23(33-21-13-7-5-8-14-21)19-24(29)32-28-18-12-4-3-11-17-27-2/h5-10,13-16,20,23,25,27-28H,3-4,11-12,17-19H2,1-2H3,(H,30,31). The van der Waals surface area contributed by atoms with Gasteiger partial charge in [-0.05, 0) is 56.6 Å². The van der Waals surface area contributed by atoms with E-state index < -0.39 is 11.2 Å². The number of carbonyl (C=O) groups is 2. The Morgan fingerprint density at radius 1 is 0.882 bits per heavy atom. The summed E-state index contributed by atoms with van der Waals surface area (Å²) in [6.07, 6.45) is 4.41. The lowest BCUT2D eigenvalue weighted by atomic mass is 10.0. The van der Waals surface area contributed by atoms with E-state index in [-0.39, 0.29) is 23.6 Å². The Kier molecular flexibility index (Phi) is 13.8. The third-order valence-corrected chi connectivity index (χ3v) is 8.23. The molecule has 0 spiro atoms. The zero-order valence-corrected chi connectivity index (χ0v) is 21.6. The van der Waals surface area contributed by atoms with Gasteiger partial charge in [0.25, 0.3) is 0 Å². The topological polar surface area (TPSA) is 87.7 Å². The summed E-state index contributed by atoms with van der Waals surface area (Å²) >= 11 is 2.84. The minimum Gasteiger partial charge on any atom is -0.480 e. The van der Waals surface area contributed by atoms with Gasteiger partial charge < -0.3 is 15.3 Å². The van der Waals surface area contributed by atoms with E-state index in [0.29, 0.717) is 6.54 Å². The van der Waals surface area contributed by atoms with Crippen LogP contribution in [0.4, 0.5) is 0 Å². The summed E-state index contributed by atoms with van der Waals surface area (Å²) in [6.45, 7) is 3.53. The highest BCUT2D eigenvalue weighted by Gasteiger charge is 2.34. The molecule has 0 heterocycles. The van der Waals surface area contributed by atoms with Crippen LogP contribution in [-0.2, 0) is 14.4 Å². The molecule has 6 nitrogen and oxygen atoms in total. The van der Waals surface area contributed by atoms with Gasteiger partial charge in [-0.1, -0.05) is 56.2 Å². The lowest BCUT2D eigenvalue weighted by Crippen LogP contribution is -2.34. The maximum Gasteiger partial charge on any atom is 0.325 e. The zero-order chi connectivity index (χ0) is 24.6. The number of benzene rings is 2. The number of carbonyl (C=O) groups excluding carboxylic acids is 1. The van der Waals surface area contributed by atoms with Crippen molar-refractivity contribution in [2.75, 3.05) is 20.1 Å². The first kappa shape index (κ1) is 28.2. The molecule has 34 heavy (non-hydrogen) atoms. The average Bonchev–Trinajstić information content (AvgIpc) is 2.84. The van der Waals surface area contributed by atoms with Gasteiger partial charge in [-0.3, -0.25) is 9.59 Å². The van der Waals surface area contributed by atoms with Crippen LogP contribution in [0.25, 0.3) is 0 Å². The van der Waals surface area contributed by atoms with Crippen LogP contribution in [0.5, 0.6) is 0 Å². The number of hydroxylamine groups is 1. The summed E-state index contributed by atoms with van der Waals surface area (Å²) < 4.78 is 0. The highest BCUT2D eigenvalue weighted by atomic mass is 32.2. The number of nitrogens with one attached hydrogen (secondary N) is 2. The third kappa shape index (κ3) is 11.0. The van der Waals surface area contributed by atoms with Crippen LogP contribution in [0, 0.1) is 5.92 Å². The van der Waals surface area contributed by atoms with Gasteiger partial charge in [0.1, 0.15) is 5.25 Å². The summed E-state index contributed by atoms with van der Waals surface area (Å²) in [7, 11) is 1.95. The molecule has 0 radical (unpaired) electrons. The Labute approximate surface area is 211 Å². The summed E-state index contributed by atoms with van der Waals surface area (Å²) in [5.41, 5.74) is 2.78. The van der Waals surface area contributed by atoms with Crippen LogP contribution in [0.2, 0.25) is 0 Å². The minimum absolute atomic E-state index is 0.120. The van der Waals surface area contributed by atoms with E-state index >= 15 is 0 Å². The van der Waals surface area contributed by atoms with Gasteiger partial charge in [0.2, 0.25) is 0 Å². The minimum atomic E-state index is -0.884. The van der Waals surface area contributed by atoms with Crippen molar-refractivity contribution < 1.29 is 19.5 Å². The Morgan fingerprint density at radius 3 is 2.00 bits per heavy atom. The first-order chi connectivity index (χ1) is 16.5. The van der Waals surface area contributed by atoms with Gasteiger partial charge in [-0.25, -0.2) is 0 Å². The number of hydrogen-bond donors (Lipinski definition) is 3. The molecule has 0 aliphatic heterocycles. The molecule has 186 valence electrons. The molecule has 0 saturated carbocycles. The number of unbranched alkanes of at least 4 members (excludes halogenated alkanes) is 3. The molecule has 0 aromatic heterocycles. The van der Waals surface area contributed by atoms with Gasteiger partial charge in [0.05, 0.1) is 6.42 Å². The predicted octanol–water partition coefficient (Wildman–Crippen LogP) is 5.25.